The molecule has 168 valence electrons. The van der Waals surface area contributed by atoms with E-state index in [1.807, 2.05) is 81.5 Å². The number of carbonyl (C=O) groups is 1. The van der Waals surface area contributed by atoms with E-state index in [4.69, 9.17) is 4.98 Å². The van der Waals surface area contributed by atoms with Crippen molar-refractivity contribution in [1.82, 2.24) is 20.2 Å². The third kappa shape index (κ3) is 7.35. The zero-order valence-electron chi connectivity index (χ0n) is 19.2. The number of aromatic nitrogens is 2. The second kappa shape index (κ2) is 11.6. The normalized spacial score (nSPS) is 10.9. The lowest BCUT2D eigenvalue weighted by Crippen LogP contribution is -2.31. The van der Waals surface area contributed by atoms with Crippen LogP contribution in [-0.2, 0) is 12.3 Å². The maximum absolute atomic E-state index is 12.4. The molecule has 3 rings (SSSR count). The summed E-state index contributed by atoms with van der Waals surface area (Å²) in [4.78, 5) is 25.9. The molecular formula is C25H31N5OS. The van der Waals surface area contributed by atoms with Crippen molar-refractivity contribution < 1.29 is 4.79 Å². The lowest BCUT2D eigenvalue weighted by atomic mass is 10.1. The smallest absolute Gasteiger partial charge is 0.251 e. The number of nitrogens with zero attached hydrogens (tertiary/aromatic N) is 4. The summed E-state index contributed by atoms with van der Waals surface area (Å²) >= 11 is 1.58. The van der Waals surface area contributed by atoms with Crippen molar-refractivity contribution in [2.45, 2.75) is 24.4 Å². The van der Waals surface area contributed by atoms with Crippen LogP contribution in [-0.4, -0.2) is 55.0 Å². The number of amides is 1. The minimum absolute atomic E-state index is 0.0460. The summed E-state index contributed by atoms with van der Waals surface area (Å²) in [5.74, 6) is 1.55. The number of hydrogen-bond donors (Lipinski definition) is 1. The quantitative estimate of drug-likeness (QED) is 0.373. The van der Waals surface area contributed by atoms with E-state index in [-0.39, 0.29) is 5.91 Å². The Morgan fingerprint density at radius 3 is 2.47 bits per heavy atom. The molecule has 0 saturated heterocycles. The Labute approximate surface area is 195 Å². The van der Waals surface area contributed by atoms with Gasteiger partial charge < -0.3 is 15.1 Å². The summed E-state index contributed by atoms with van der Waals surface area (Å²) < 4.78 is 0. The van der Waals surface area contributed by atoms with Gasteiger partial charge in [-0.3, -0.25) is 4.79 Å². The van der Waals surface area contributed by atoms with Gasteiger partial charge in [-0.05, 0) is 44.3 Å². The van der Waals surface area contributed by atoms with Gasteiger partial charge in [0.05, 0.1) is 0 Å². The highest BCUT2D eigenvalue weighted by atomic mass is 32.2. The van der Waals surface area contributed by atoms with Crippen LogP contribution in [0.4, 0.5) is 5.82 Å². The molecule has 7 heteroatoms. The van der Waals surface area contributed by atoms with Crippen LogP contribution in [0.2, 0.25) is 0 Å². The lowest BCUT2D eigenvalue weighted by molar-refractivity contribution is 0.0951. The van der Waals surface area contributed by atoms with Crippen molar-refractivity contribution in [2.24, 2.45) is 0 Å². The first-order chi connectivity index (χ1) is 15.4. The van der Waals surface area contributed by atoms with E-state index in [1.165, 1.54) is 5.56 Å². The summed E-state index contributed by atoms with van der Waals surface area (Å²) in [6.45, 7) is 4.21. The highest BCUT2D eigenvalue weighted by molar-refractivity contribution is 7.98. The molecule has 1 aromatic heterocycles. The van der Waals surface area contributed by atoms with Gasteiger partial charge in [-0.15, -0.1) is 0 Å². The van der Waals surface area contributed by atoms with Crippen LogP contribution in [0.1, 0.15) is 27.2 Å². The predicted molar refractivity (Wildman–Crippen MR) is 132 cm³/mol. The fraction of sp³-hybridized carbons (Fsp3) is 0.320. The lowest BCUT2D eigenvalue weighted by Gasteiger charge is -2.19. The van der Waals surface area contributed by atoms with Crippen molar-refractivity contribution in [2.75, 3.05) is 39.1 Å². The summed E-state index contributed by atoms with van der Waals surface area (Å²) in [7, 11) is 6.02. The number of rotatable bonds is 10. The molecule has 3 aromatic rings. The highest BCUT2D eigenvalue weighted by Gasteiger charge is 2.10. The Morgan fingerprint density at radius 2 is 1.72 bits per heavy atom. The first kappa shape index (κ1) is 23.8. The van der Waals surface area contributed by atoms with Crippen molar-refractivity contribution >= 4 is 23.5 Å². The first-order valence-electron chi connectivity index (χ1n) is 10.7. The maximum Gasteiger partial charge on any atom is 0.251 e. The molecule has 0 aliphatic heterocycles. The average Bonchev–Trinajstić information content (AvgIpc) is 2.78. The molecule has 1 amide bonds. The number of benzene rings is 2. The Hall–Kier alpha value is -2.90. The van der Waals surface area contributed by atoms with Gasteiger partial charge in [0.15, 0.2) is 5.16 Å². The SMILES string of the molecule is Cc1cc(N(C)Cc2ccccc2)nc(SCc2cccc(C(=O)NCCN(C)C)c2)n1. The number of hydrogen-bond acceptors (Lipinski definition) is 6. The number of aryl methyl sites for hydroxylation is 1. The van der Waals surface area contributed by atoms with Crippen LogP contribution in [0, 0.1) is 6.92 Å². The average molecular weight is 450 g/mol. The molecule has 32 heavy (non-hydrogen) atoms. The second-order valence-corrected chi connectivity index (χ2v) is 8.98. The summed E-state index contributed by atoms with van der Waals surface area (Å²) in [5, 5.41) is 3.70. The predicted octanol–water partition coefficient (Wildman–Crippen LogP) is 4.01. The molecule has 0 fully saturated rings. The van der Waals surface area contributed by atoms with E-state index in [0.717, 1.165) is 35.3 Å². The first-order valence-corrected chi connectivity index (χ1v) is 11.6. The third-order valence-electron chi connectivity index (χ3n) is 4.88. The molecular weight excluding hydrogens is 418 g/mol. The molecule has 0 aliphatic rings. The molecule has 0 radical (unpaired) electrons. The Bertz CT molecular complexity index is 1030. The Morgan fingerprint density at radius 1 is 0.969 bits per heavy atom. The summed E-state index contributed by atoms with van der Waals surface area (Å²) in [6, 6.07) is 20.1. The number of nitrogens with one attached hydrogen (secondary N) is 1. The van der Waals surface area contributed by atoms with Gasteiger partial charge in [-0.2, -0.15) is 0 Å². The van der Waals surface area contributed by atoms with E-state index in [0.29, 0.717) is 17.9 Å². The van der Waals surface area contributed by atoms with Gasteiger partial charge in [-0.25, -0.2) is 9.97 Å². The third-order valence-corrected chi connectivity index (χ3v) is 5.79. The van der Waals surface area contributed by atoms with E-state index in [2.05, 4.69) is 27.3 Å². The largest absolute Gasteiger partial charge is 0.355 e. The zero-order valence-corrected chi connectivity index (χ0v) is 20.0. The Balaban J connectivity index is 1.62. The zero-order chi connectivity index (χ0) is 22.9. The van der Waals surface area contributed by atoms with E-state index < -0.39 is 0 Å². The summed E-state index contributed by atoms with van der Waals surface area (Å²) in [5.41, 5.74) is 3.92. The van der Waals surface area contributed by atoms with Crippen molar-refractivity contribution in [3.63, 3.8) is 0 Å². The molecule has 0 unspecified atom stereocenters. The van der Waals surface area contributed by atoms with Crippen LogP contribution < -0.4 is 10.2 Å². The van der Waals surface area contributed by atoms with Crippen LogP contribution >= 0.6 is 11.8 Å². The molecule has 2 aromatic carbocycles. The second-order valence-electron chi connectivity index (χ2n) is 8.04. The Kier molecular flexibility index (Phi) is 8.64. The minimum Gasteiger partial charge on any atom is -0.355 e. The van der Waals surface area contributed by atoms with Crippen LogP contribution in [0.5, 0.6) is 0 Å². The number of likely N-dealkylation sites (N-methyl/N-ethyl adjacent to an activating group) is 1. The van der Waals surface area contributed by atoms with E-state index in [9.17, 15) is 4.79 Å². The van der Waals surface area contributed by atoms with Gasteiger partial charge in [0.25, 0.3) is 5.91 Å². The monoisotopic (exact) mass is 449 g/mol. The standard InChI is InChI=1S/C25H31N5OS/c1-19-15-23(30(4)17-20-9-6-5-7-10-20)28-25(27-19)32-18-21-11-8-12-22(16-21)24(31)26-13-14-29(2)3/h5-12,15-16H,13-14,17-18H2,1-4H3,(H,26,31). The van der Waals surface area contributed by atoms with E-state index >= 15 is 0 Å². The summed E-state index contributed by atoms with van der Waals surface area (Å²) in [6.07, 6.45) is 0. The van der Waals surface area contributed by atoms with Crippen molar-refractivity contribution in [3.05, 3.63) is 83.0 Å². The number of thioether (sulfide) groups is 1. The molecule has 0 bridgehead atoms. The number of anilines is 1. The highest BCUT2D eigenvalue weighted by Crippen LogP contribution is 2.23. The molecule has 0 aliphatic carbocycles. The fourth-order valence-electron chi connectivity index (χ4n) is 3.17. The van der Waals surface area contributed by atoms with Crippen LogP contribution in [0.3, 0.4) is 0 Å². The van der Waals surface area contributed by atoms with Gasteiger partial charge >= 0.3 is 0 Å². The van der Waals surface area contributed by atoms with Gasteiger partial charge in [0.1, 0.15) is 5.82 Å². The van der Waals surface area contributed by atoms with E-state index in [1.54, 1.807) is 11.8 Å². The van der Waals surface area contributed by atoms with Gasteiger partial charge in [0.2, 0.25) is 0 Å². The molecule has 0 spiro atoms. The van der Waals surface area contributed by atoms with Crippen LogP contribution in [0.25, 0.3) is 0 Å². The molecule has 6 nitrogen and oxygen atoms in total. The number of carbonyl (C=O) groups excluding carboxylic acids is 1. The fourth-order valence-corrected chi connectivity index (χ4v) is 4.01. The van der Waals surface area contributed by atoms with Crippen molar-refractivity contribution in [3.8, 4) is 0 Å². The molecule has 0 saturated carbocycles. The molecule has 0 atom stereocenters. The van der Waals surface area contributed by atoms with Gasteiger partial charge in [0, 0.05) is 49.8 Å². The maximum atomic E-state index is 12.4. The van der Waals surface area contributed by atoms with Crippen molar-refractivity contribution in [1.29, 1.82) is 0 Å². The van der Waals surface area contributed by atoms with Crippen LogP contribution in [0.15, 0.2) is 65.8 Å². The molecule has 1 N–H and O–H groups in total. The minimum atomic E-state index is -0.0460. The van der Waals surface area contributed by atoms with Gasteiger partial charge in [-0.1, -0.05) is 54.2 Å². The topological polar surface area (TPSA) is 61.4 Å². The molecule has 1 heterocycles.